The number of phosphoric acid groups is 2. The topological polar surface area (TPSA) is 201 Å². The first-order valence-corrected chi connectivity index (χ1v) is 31.1. The maximum absolute atomic E-state index is 12.6. The molecule has 0 saturated carbocycles. The van der Waals surface area contributed by atoms with E-state index in [2.05, 4.69) is 146 Å². The number of hydrogen-bond acceptors (Lipinski definition) is 10. The van der Waals surface area contributed by atoms with Crippen LogP contribution >= 0.6 is 15.6 Å². The molecule has 438 valence electrons. The largest absolute Gasteiger partial charge is 0.483 e. The van der Waals surface area contributed by atoms with Gasteiger partial charge in [-0.05, 0) is 205 Å². The molecule has 1 aliphatic rings. The molecule has 1 heterocycles. The van der Waals surface area contributed by atoms with Gasteiger partial charge in [-0.25, -0.2) is 9.13 Å². The third-order valence-corrected chi connectivity index (χ3v) is 16.0. The molecule has 77 heavy (non-hydrogen) atoms. The Morgan fingerprint density at radius 3 is 1.17 bits per heavy atom. The zero-order valence-electron chi connectivity index (χ0n) is 49.4. The second-order valence-corrected chi connectivity index (χ2v) is 24.5. The van der Waals surface area contributed by atoms with E-state index in [0.717, 1.165) is 128 Å². The normalized spacial score (nSPS) is 21.6. The minimum absolute atomic E-state index is 0.406. The van der Waals surface area contributed by atoms with Crippen LogP contribution in [0, 0.1) is 0 Å². The van der Waals surface area contributed by atoms with Crippen LogP contribution < -0.4 is 5.32 Å². The Balaban J connectivity index is 2.29. The highest BCUT2D eigenvalue weighted by atomic mass is 31.3. The van der Waals surface area contributed by atoms with Crippen molar-refractivity contribution in [3.05, 3.63) is 129 Å². The maximum atomic E-state index is 12.6. The van der Waals surface area contributed by atoms with Crippen LogP contribution in [0.25, 0.3) is 0 Å². The van der Waals surface area contributed by atoms with Crippen LogP contribution in [-0.4, -0.2) is 74.9 Å². The van der Waals surface area contributed by atoms with Crippen LogP contribution in [0.4, 0.5) is 0 Å². The number of allylic oxidation sites excluding steroid dienone is 21. The molecule has 15 heteroatoms. The zero-order chi connectivity index (χ0) is 57.8. The summed E-state index contributed by atoms with van der Waals surface area (Å²) in [6, 6.07) is -1.58. The molecule has 0 spiro atoms. The minimum atomic E-state index is -5.41. The smallest absolute Gasteiger partial charge is 0.394 e. The lowest BCUT2D eigenvalue weighted by Gasteiger charge is -2.42. The van der Waals surface area contributed by atoms with Gasteiger partial charge in [0.15, 0.2) is 6.29 Å². The monoisotopic (exact) mass is 1120 g/mol. The van der Waals surface area contributed by atoms with Crippen molar-refractivity contribution in [2.75, 3.05) is 13.2 Å². The molecule has 0 aromatic rings. The number of carbonyl (C=O) groups is 1. The maximum Gasteiger partial charge on any atom is 0.483 e. The molecule has 1 saturated heterocycles. The Labute approximate surface area is 466 Å². The SMILES string of the molecule is CC(=O)N[C@H]1[C@@H](OP(=O)(O)OP(=O)(O)OC/C=C(/C)CC/C=C\CC/C=C(/C)CC/C=C(/C)CC/C=C(/C)CC/C=C(/C)CC/C=C(/C)CC/C=C(\C)CC/C=C(\C)CC/C=C(\C)CCC=C(C)C)O[C@H](CO)[C@@H](O)[C@@H]1O. The van der Waals surface area contributed by atoms with E-state index in [4.69, 9.17) is 13.8 Å². The Bertz CT molecular complexity index is 2210. The summed E-state index contributed by atoms with van der Waals surface area (Å²) >= 11 is 0. The fraction of sp³-hybridized carbons (Fsp3) is 0.629. The average molecular weight is 1120 g/mol. The van der Waals surface area contributed by atoms with Gasteiger partial charge in [-0.3, -0.25) is 13.8 Å². The van der Waals surface area contributed by atoms with Crippen LogP contribution in [0.15, 0.2) is 129 Å². The molecule has 6 N–H and O–H groups in total. The molecule has 0 bridgehead atoms. The first-order valence-electron chi connectivity index (χ1n) is 28.1. The van der Waals surface area contributed by atoms with Gasteiger partial charge in [0.1, 0.15) is 24.4 Å². The van der Waals surface area contributed by atoms with Crippen LogP contribution in [0.5, 0.6) is 0 Å². The molecule has 0 aromatic carbocycles. The molecular formula is C62H103NO12P2. The summed E-state index contributed by atoms with van der Waals surface area (Å²) in [5.74, 6) is -0.708. The lowest BCUT2D eigenvalue weighted by molar-refractivity contribution is -0.247. The molecule has 1 aliphatic heterocycles. The number of aliphatic hydroxyl groups excluding tert-OH is 3. The van der Waals surface area contributed by atoms with Crippen LogP contribution in [0.2, 0.25) is 0 Å². The Kier molecular flexibility index (Phi) is 38.0. The highest BCUT2D eigenvalue weighted by Crippen LogP contribution is 2.61. The van der Waals surface area contributed by atoms with E-state index < -0.39 is 65.4 Å². The van der Waals surface area contributed by atoms with Gasteiger partial charge in [0.25, 0.3) is 0 Å². The van der Waals surface area contributed by atoms with Gasteiger partial charge in [0.2, 0.25) is 5.91 Å². The van der Waals surface area contributed by atoms with Gasteiger partial charge in [-0.15, -0.1) is 0 Å². The predicted molar refractivity (Wildman–Crippen MR) is 318 cm³/mol. The third kappa shape index (κ3) is 37.3. The van der Waals surface area contributed by atoms with E-state index in [1.54, 1.807) is 6.08 Å². The summed E-state index contributed by atoms with van der Waals surface area (Å²) in [4.78, 5) is 31.9. The van der Waals surface area contributed by atoms with Crippen LogP contribution in [-0.2, 0) is 32.0 Å². The predicted octanol–water partition coefficient (Wildman–Crippen LogP) is 16.0. The Hall–Kier alpha value is -3.29. The fourth-order valence-electron chi connectivity index (χ4n) is 8.44. The number of carbonyl (C=O) groups excluding carboxylic acids is 1. The molecule has 1 amide bonds. The summed E-state index contributed by atoms with van der Waals surface area (Å²) in [6.45, 7) is 24.1. The van der Waals surface area contributed by atoms with E-state index in [1.165, 1.54) is 56.6 Å². The molecular weight excluding hydrogens is 1010 g/mol. The van der Waals surface area contributed by atoms with Crippen LogP contribution in [0.1, 0.15) is 212 Å². The second-order valence-electron chi connectivity index (χ2n) is 21.5. The lowest BCUT2D eigenvalue weighted by atomic mass is 9.97. The van der Waals surface area contributed by atoms with E-state index in [9.17, 15) is 39.0 Å². The van der Waals surface area contributed by atoms with Crippen molar-refractivity contribution in [2.45, 2.75) is 242 Å². The number of ether oxygens (including phenoxy) is 1. The molecule has 1 rings (SSSR count). The molecule has 0 aromatic heterocycles. The Morgan fingerprint density at radius 2 is 0.805 bits per heavy atom. The second kappa shape index (κ2) is 40.8. The quantitative estimate of drug-likeness (QED) is 0.0194. The summed E-state index contributed by atoms with van der Waals surface area (Å²) in [7, 11) is -10.6. The van der Waals surface area contributed by atoms with Gasteiger partial charge >= 0.3 is 15.6 Å². The average Bonchev–Trinajstić information content (AvgIpc) is 3.32. The van der Waals surface area contributed by atoms with Crippen molar-refractivity contribution in [1.82, 2.24) is 5.32 Å². The van der Waals surface area contributed by atoms with Gasteiger partial charge in [0, 0.05) is 6.92 Å². The molecule has 0 aliphatic carbocycles. The first kappa shape index (κ1) is 71.7. The standard InChI is InChI=1S/C62H103NO12P2/c1-47(2)26-18-29-49(4)31-20-33-51(6)35-22-37-53(8)39-24-41-55(10)43-25-42-54(9)40-23-38-52(7)36-21-34-50(5)32-19-30-48(3)27-16-14-13-15-17-28-56(11)44-45-72-76(68,69)75-77(70,71)74-62-59(63-57(12)65)61(67)60(66)58(46-64)73-62/h13,15,26-27,31-32,35-36,39-40,43-44,58-62,64,66-67H,14,16-25,28-30,33-34,37-38,41-42,45-46H2,1-12H3,(H,63,65)(H,68,69)(H,70,71)/b15-13-,48-27-,49-31+,50-32-,51-35+,52-36-,53-39+,54-40-,55-43-,56-44-/t58-,59-,60-,61-,62-/m1/s1. The van der Waals surface area contributed by atoms with Crippen molar-refractivity contribution < 1.29 is 57.1 Å². The van der Waals surface area contributed by atoms with Crippen molar-refractivity contribution in [1.29, 1.82) is 0 Å². The summed E-state index contributed by atoms with van der Waals surface area (Å²) in [6.07, 6.45) is 41.6. The van der Waals surface area contributed by atoms with E-state index in [0.29, 0.717) is 6.42 Å². The first-order chi connectivity index (χ1) is 36.3. The van der Waals surface area contributed by atoms with Crippen molar-refractivity contribution >= 4 is 21.6 Å². The minimum Gasteiger partial charge on any atom is -0.394 e. The number of rotatable bonds is 39. The molecule has 7 atom stereocenters. The number of amides is 1. The number of aliphatic hydroxyl groups is 3. The van der Waals surface area contributed by atoms with Crippen molar-refractivity contribution in [3.8, 4) is 0 Å². The fourth-order valence-corrected chi connectivity index (χ4v) is 10.5. The van der Waals surface area contributed by atoms with E-state index in [1.807, 2.05) is 6.92 Å². The van der Waals surface area contributed by atoms with Gasteiger partial charge in [-0.2, -0.15) is 4.31 Å². The summed E-state index contributed by atoms with van der Waals surface area (Å²) in [5, 5.41) is 32.1. The number of nitrogens with one attached hydrogen (secondary N) is 1. The van der Waals surface area contributed by atoms with Crippen molar-refractivity contribution in [3.63, 3.8) is 0 Å². The van der Waals surface area contributed by atoms with E-state index in [-0.39, 0.29) is 0 Å². The third-order valence-electron chi connectivity index (χ3n) is 13.4. The Morgan fingerprint density at radius 1 is 0.468 bits per heavy atom. The summed E-state index contributed by atoms with van der Waals surface area (Å²) < 4.78 is 44.3. The highest BCUT2D eigenvalue weighted by molar-refractivity contribution is 7.61. The molecule has 0 radical (unpaired) electrons. The van der Waals surface area contributed by atoms with Gasteiger partial charge in [0.05, 0.1) is 13.2 Å². The lowest BCUT2D eigenvalue weighted by Crippen LogP contribution is -2.64. The van der Waals surface area contributed by atoms with Gasteiger partial charge < -0.3 is 35.2 Å². The number of hydrogen-bond donors (Lipinski definition) is 6. The van der Waals surface area contributed by atoms with Crippen LogP contribution in [0.3, 0.4) is 0 Å². The molecule has 13 nitrogen and oxygen atoms in total. The summed E-state index contributed by atoms with van der Waals surface area (Å²) in [5.41, 5.74) is 14.0. The number of unbranched alkanes of at least 4 members (excludes halogenated alkanes) is 1. The highest BCUT2D eigenvalue weighted by Gasteiger charge is 2.49. The number of phosphoric ester groups is 2. The molecule has 2 unspecified atom stereocenters. The van der Waals surface area contributed by atoms with Gasteiger partial charge in [-0.1, -0.05) is 129 Å². The van der Waals surface area contributed by atoms with Crippen molar-refractivity contribution in [2.24, 2.45) is 0 Å². The van der Waals surface area contributed by atoms with E-state index >= 15 is 0 Å². The zero-order valence-corrected chi connectivity index (χ0v) is 51.1. The molecule has 1 fully saturated rings.